The molecule has 1 aromatic heterocycles. The van der Waals surface area contributed by atoms with Gasteiger partial charge in [0.15, 0.2) is 0 Å². The SMILES string of the molecule is CC(C)(CCC(=O)O)NC(=O)c1cc(-c2ccccc2)no1. The molecule has 2 rings (SSSR count). The molecule has 1 heterocycles. The van der Waals surface area contributed by atoms with Crippen molar-refractivity contribution in [2.24, 2.45) is 0 Å². The van der Waals surface area contributed by atoms with Crippen molar-refractivity contribution >= 4 is 11.9 Å². The highest BCUT2D eigenvalue weighted by atomic mass is 16.5. The van der Waals surface area contributed by atoms with E-state index in [1.54, 1.807) is 19.9 Å². The predicted octanol–water partition coefficient (Wildman–Crippen LogP) is 2.71. The highest BCUT2D eigenvalue weighted by molar-refractivity contribution is 5.92. The van der Waals surface area contributed by atoms with Gasteiger partial charge in [0.2, 0.25) is 5.76 Å². The van der Waals surface area contributed by atoms with Crippen molar-refractivity contribution in [3.63, 3.8) is 0 Å². The second kappa shape index (κ2) is 6.43. The van der Waals surface area contributed by atoms with Gasteiger partial charge in [-0.3, -0.25) is 9.59 Å². The average molecular weight is 302 g/mol. The van der Waals surface area contributed by atoms with E-state index in [9.17, 15) is 9.59 Å². The number of benzene rings is 1. The molecule has 2 aromatic rings. The molecule has 116 valence electrons. The first-order chi connectivity index (χ1) is 10.4. The van der Waals surface area contributed by atoms with E-state index in [0.717, 1.165) is 5.56 Å². The van der Waals surface area contributed by atoms with Gasteiger partial charge in [0.1, 0.15) is 5.69 Å². The highest BCUT2D eigenvalue weighted by Crippen LogP contribution is 2.19. The largest absolute Gasteiger partial charge is 0.481 e. The average Bonchev–Trinajstić information content (AvgIpc) is 2.96. The van der Waals surface area contributed by atoms with Crippen LogP contribution in [-0.4, -0.2) is 27.7 Å². The van der Waals surface area contributed by atoms with E-state index in [1.807, 2.05) is 30.3 Å². The number of carboxylic acid groups (broad SMARTS) is 1. The zero-order valence-corrected chi connectivity index (χ0v) is 12.5. The minimum atomic E-state index is -0.895. The maximum atomic E-state index is 12.2. The highest BCUT2D eigenvalue weighted by Gasteiger charge is 2.24. The minimum Gasteiger partial charge on any atom is -0.481 e. The van der Waals surface area contributed by atoms with Gasteiger partial charge < -0.3 is 14.9 Å². The van der Waals surface area contributed by atoms with E-state index < -0.39 is 17.4 Å². The van der Waals surface area contributed by atoms with Gasteiger partial charge in [0.25, 0.3) is 5.91 Å². The number of rotatable bonds is 6. The van der Waals surface area contributed by atoms with Gasteiger partial charge in [-0.2, -0.15) is 0 Å². The van der Waals surface area contributed by atoms with Crippen LogP contribution in [0.1, 0.15) is 37.2 Å². The number of aromatic nitrogens is 1. The van der Waals surface area contributed by atoms with Crippen molar-refractivity contribution in [3.8, 4) is 11.3 Å². The Morgan fingerprint density at radius 1 is 1.27 bits per heavy atom. The van der Waals surface area contributed by atoms with E-state index in [-0.39, 0.29) is 12.2 Å². The van der Waals surface area contributed by atoms with Crippen LogP contribution in [0.15, 0.2) is 40.9 Å². The molecule has 0 saturated heterocycles. The van der Waals surface area contributed by atoms with Crippen LogP contribution in [0.4, 0.5) is 0 Å². The Kier molecular flexibility index (Phi) is 4.60. The number of carbonyl (C=O) groups is 2. The summed E-state index contributed by atoms with van der Waals surface area (Å²) in [5.74, 6) is -1.21. The lowest BCUT2D eigenvalue weighted by molar-refractivity contribution is -0.137. The van der Waals surface area contributed by atoms with Crippen molar-refractivity contribution < 1.29 is 19.2 Å². The van der Waals surface area contributed by atoms with Gasteiger partial charge in [-0.15, -0.1) is 0 Å². The Bertz CT molecular complexity index is 662. The quantitative estimate of drug-likeness (QED) is 0.856. The molecule has 2 N–H and O–H groups in total. The first kappa shape index (κ1) is 15.8. The summed E-state index contributed by atoms with van der Waals surface area (Å²) >= 11 is 0. The molecule has 22 heavy (non-hydrogen) atoms. The topological polar surface area (TPSA) is 92.4 Å². The van der Waals surface area contributed by atoms with E-state index in [1.165, 1.54) is 0 Å². The Hall–Kier alpha value is -2.63. The standard InChI is InChI=1S/C16H18N2O4/c1-16(2,9-8-14(19)20)17-15(21)13-10-12(18-22-13)11-6-4-3-5-7-11/h3-7,10H,8-9H2,1-2H3,(H,17,21)(H,19,20). The Labute approximate surface area is 128 Å². The molecule has 1 aromatic carbocycles. The molecule has 0 spiro atoms. The molecule has 0 radical (unpaired) electrons. The number of carboxylic acids is 1. The Morgan fingerprint density at radius 3 is 2.59 bits per heavy atom. The number of hydrogen-bond acceptors (Lipinski definition) is 4. The molecule has 6 nitrogen and oxygen atoms in total. The van der Waals surface area contributed by atoms with Crippen molar-refractivity contribution in [1.29, 1.82) is 0 Å². The van der Waals surface area contributed by atoms with Gasteiger partial charge in [0, 0.05) is 23.6 Å². The van der Waals surface area contributed by atoms with E-state index >= 15 is 0 Å². The summed E-state index contributed by atoms with van der Waals surface area (Å²) < 4.78 is 5.07. The third-order valence-corrected chi connectivity index (χ3v) is 3.22. The number of hydrogen-bond donors (Lipinski definition) is 2. The minimum absolute atomic E-state index is 0.0149. The molecular formula is C16H18N2O4. The van der Waals surface area contributed by atoms with Crippen molar-refractivity contribution in [1.82, 2.24) is 10.5 Å². The van der Waals surface area contributed by atoms with Gasteiger partial charge in [-0.1, -0.05) is 35.5 Å². The van der Waals surface area contributed by atoms with Crippen LogP contribution in [0.5, 0.6) is 0 Å². The fraction of sp³-hybridized carbons (Fsp3) is 0.312. The van der Waals surface area contributed by atoms with Crippen LogP contribution in [-0.2, 0) is 4.79 Å². The third kappa shape index (κ3) is 4.18. The second-order valence-corrected chi connectivity index (χ2v) is 5.67. The fourth-order valence-electron chi connectivity index (χ4n) is 1.98. The van der Waals surface area contributed by atoms with Gasteiger partial charge >= 0.3 is 5.97 Å². The van der Waals surface area contributed by atoms with Crippen molar-refractivity contribution in [3.05, 3.63) is 42.2 Å². The maximum Gasteiger partial charge on any atom is 0.303 e. The van der Waals surface area contributed by atoms with Crippen molar-refractivity contribution in [2.75, 3.05) is 0 Å². The summed E-state index contributed by atoms with van der Waals surface area (Å²) in [5, 5.41) is 15.4. The molecule has 0 saturated carbocycles. The monoisotopic (exact) mass is 302 g/mol. The second-order valence-electron chi connectivity index (χ2n) is 5.67. The molecule has 0 unspecified atom stereocenters. The molecular weight excluding hydrogens is 284 g/mol. The lowest BCUT2D eigenvalue weighted by Crippen LogP contribution is -2.43. The van der Waals surface area contributed by atoms with Crippen LogP contribution in [0.3, 0.4) is 0 Å². The van der Waals surface area contributed by atoms with Gasteiger partial charge in [-0.25, -0.2) is 0 Å². The zero-order valence-electron chi connectivity index (χ0n) is 12.5. The number of amides is 1. The van der Waals surface area contributed by atoms with E-state index in [4.69, 9.17) is 9.63 Å². The lowest BCUT2D eigenvalue weighted by atomic mass is 9.98. The lowest BCUT2D eigenvalue weighted by Gasteiger charge is -2.24. The Balaban J connectivity index is 2.04. The number of carbonyl (C=O) groups excluding carboxylic acids is 1. The Morgan fingerprint density at radius 2 is 1.95 bits per heavy atom. The number of nitrogens with one attached hydrogen (secondary N) is 1. The van der Waals surface area contributed by atoms with E-state index in [2.05, 4.69) is 10.5 Å². The predicted molar refractivity (Wildman–Crippen MR) is 80.4 cm³/mol. The first-order valence-electron chi connectivity index (χ1n) is 6.94. The van der Waals surface area contributed by atoms with Crippen LogP contribution in [0, 0.1) is 0 Å². The third-order valence-electron chi connectivity index (χ3n) is 3.22. The molecule has 1 amide bonds. The first-order valence-corrected chi connectivity index (χ1v) is 6.94. The molecule has 0 aliphatic rings. The summed E-state index contributed by atoms with van der Waals surface area (Å²) in [6, 6.07) is 10.9. The van der Waals surface area contributed by atoms with Gasteiger partial charge in [-0.05, 0) is 20.3 Å². The smallest absolute Gasteiger partial charge is 0.303 e. The molecule has 0 aliphatic heterocycles. The number of nitrogens with zero attached hydrogens (tertiary/aromatic N) is 1. The fourth-order valence-corrected chi connectivity index (χ4v) is 1.98. The molecule has 6 heteroatoms. The summed E-state index contributed by atoms with van der Waals surface area (Å²) in [6.45, 7) is 3.53. The maximum absolute atomic E-state index is 12.2. The molecule has 0 bridgehead atoms. The van der Waals surface area contributed by atoms with E-state index in [0.29, 0.717) is 12.1 Å². The molecule has 0 atom stereocenters. The zero-order chi connectivity index (χ0) is 16.2. The van der Waals surface area contributed by atoms with Crippen molar-refractivity contribution in [2.45, 2.75) is 32.2 Å². The summed E-state index contributed by atoms with van der Waals surface area (Å²) in [6.07, 6.45) is 0.312. The van der Waals surface area contributed by atoms with Crippen LogP contribution in [0.25, 0.3) is 11.3 Å². The summed E-state index contributed by atoms with van der Waals surface area (Å²) in [7, 11) is 0. The van der Waals surface area contributed by atoms with Gasteiger partial charge in [0.05, 0.1) is 0 Å². The molecule has 0 fully saturated rings. The molecule has 0 aliphatic carbocycles. The van der Waals surface area contributed by atoms with Crippen LogP contribution >= 0.6 is 0 Å². The summed E-state index contributed by atoms with van der Waals surface area (Å²) in [5.41, 5.74) is 0.791. The van der Waals surface area contributed by atoms with Crippen LogP contribution in [0.2, 0.25) is 0 Å². The normalized spacial score (nSPS) is 11.2. The number of aliphatic carboxylic acids is 1. The summed E-state index contributed by atoms with van der Waals surface area (Å²) in [4.78, 5) is 22.8. The van der Waals surface area contributed by atoms with Crippen LogP contribution < -0.4 is 5.32 Å².